The minimum Gasteiger partial charge on any atom is -0.326 e. The maximum atomic E-state index is 12.4. The van der Waals surface area contributed by atoms with Gasteiger partial charge in [0.1, 0.15) is 0 Å². The number of sulfone groups is 1. The van der Waals surface area contributed by atoms with Gasteiger partial charge in [-0.15, -0.1) is 0 Å². The fraction of sp³-hybridized carbons (Fsp3) is 0.438. The minimum absolute atomic E-state index is 0.000557. The summed E-state index contributed by atoms with van der Waals surface area (Å²) in [4.78, 5) is 12.7. The van der Waals surface area contributed by atoms with Crippen LogP contribution in [0.15, 0.2) is 35.2 Å². The van der Waals surface area contributed by atoms with Crippen molar-refractivity contribution < 1.29 is 13.2 Å². The van der Waals surface area contributed by atoms with Crippen molar-refractivity contribution in [3.63, 3.8) is 0 Å². The van der Waals surface area contributed by atoms with E-state index < -0.39 is 9.84 Å². The van der Waals surface area contributed by atoms with Gasteiger partial charge in [-0.05, 0) is 49.3 Å². The van der Waals surface area contributed by atoms with E-state index in [0.29, 0.717) is 17.5 Å². The second kappa shape index (κ2) is 4.98. The van der Waals surface area contributed by atoms with Crippen LogP contribution in [-0.4, -0.2) is 20.6 Å². The maximum absolute atomic E-state index is 12.4. The van der Waals surface area contributed by atoms with Crippen molar-refractivity contribution in [3.05, 3.63) is 35.9 Å². The molecule has 1 fully saturated rings. The standard InChI is InChI=1S/C16H19NO3S/c1-10-3-6-13(21(2,19)20)9-15(10)17-16(18)14-8-11-4-5-12(14)7-11/h3-6,9,11-12,14H,7-8H2,1-2H3,(H,17,18)/t11-,12-,14-/m0/s1. The molecule has 1 aromatic carbocycles. The highest BCUT2D eigenvalue weighted by Gasteiger charge is 2.39. The molecule has 0 spiro atoms. The van der Waals surface area contributed by atoms with E-state index in [2.05, 4.69) is 17.5 Å². The van der Waals surface area contributed by atoms with E-state index in [0.717, 1.165) is 18.4 Å². The van der Waals surface area contributed by atoms with Gasteiger partial charge >= 0.3 is 0 Å². The summed E-state index contributed by atoms with van der Waals surface area (Å²) in [6.45, 7) is 1.86. The molecule has 1 aromatic rings. The summed E-state index contributed by atoms with van der Waals surface area (Å²) in [5.41, 5.74) is 1.46. The number of benzene rings is 1. The van der Waals surface area contributed by atoms with Gasteiger partial charge in [0, 0.05) is 17.9 Å². The average molecular weight is 305 g/mol. The van der Waals surface area contributed by atoms with Crippen molar-refractivity contribution in [3.8, 4) is 0 Å². The molecule has 5 heteroatoms. The van der Waals surface area contributed by atoms with Crippen LogP contribution in [0.3, 0.4) is 0 Å². The summed E-state index contributed by atoms with van der Waals surface area (Å²) < 4.78 is 23.2. The lowest BCUT2D eigenvalue weighted by Crippen LogP contribution is -2.26. The van der Waals surface area contributed by atoms with Gasteiger partial charge in [0.2, 0.25) is 5.91 Å². The molecular formula is C16H19NO3S. The number of hydrogen-bond acceptors (Lipinski definition) is 3. The number of aryl methyl sites for hydroxylation is 1. The first kappa shape index (κ1) is 14.3. The molecule has 21 heavy (non-hydrogen) atoms. The van der Waals surface area contributed by atoms with Crippen LogP contribution in [-0.2, 0) is 14.6 Å². The summed E-state index contributed by atoms with van der Waals surface area (Å²) in [7, 11) is -3.27. The summed E-state index contributed by atoms with van der Waals surface area (Å²) >= 11 is 0. The fourth-order valence-electron chi connectivity index (χ4n) is 3.27. The third kappa shape index (κ3) is 2.75. The van der Waals surface area contributed by atoms with E-state index in [1.165, 1.54) is 6.26 Å². The fourth-order valence-corrected chi connectivity index (χ4v) is 3.92. The number of amides is 1. The topological polar surface area (TPSA) is 63.2 Å². The molecule has 0 radical (unpaired) electrons. The first-order chi connectivity index (χ1) is 9.84. The molecule has 0 aromatic heterocycles. The lowest BCUT2D eigenvalue weighted by molar-refractivity contribution is -0.120. The van der Waals surface area contributed by atoms with Gasteiger partial charge in [-0.2, -0.15) is 0 Å². The van der Waals surface area contributed by atoms with Gasteiger partial charge in [0.05, 0.1) is 4.90 Å². The lowest BCUT2D eigenvalue weighted by Gasteiger charge is -2.18. The van der Waals surface area contributed by atoms with Crippen LogP contribution in [0, 0.1) is 24.7 Å². The zero-order valence-electron chi connectivity index (χ0n) is 12.2. The van der Waals surface area contributed by atoms with Gasteiger partial charge < -0.3 is 5.32 Å². The smallest absolute Gasteiger partial charge is 0.228 e. The van der Waals surface area contributed by atoms with Gasteiger partial charge in [-0.25, -0.2) is 8.42 Å². The highest BCUT2D eigenvalue weighted by molar-refractivity contribution is 7.90. The molecule has 1 N–H and O–H groups in total. The normalized spacial score (nSPS) is 27.0. The first-order valence-corrected chi connectivity index (χ1v) is 9.03. The molecular weight excluding hydrogens is 286 g/mol. The zero-order valence-corrected chi connectivity index (χ0v) is 13.0. The quantitative estimate of drug-likeness (QED) is 0.873. The number of carbonyl (C=O) groups is 1. The van der Waals surface area contributed by atoms with Crippen LogP contribution >= 0.6 is 0 Å². The Kier molecular flexibility index (Phi) is 3.40. The second-order valence-corrected chi connectivity index (χ2v) is 8.14. The number of anilines is 1. The van der Waals surface area contributed by atoms with E-state index in [1.54, 1.807) is 18.2 Å². The molecule has 2 aliphatic carbocycles. The third-order valence-electron chi connectivity index (χ3n) is 4.51. The predicted molar refractivity (Wildman–Crippen MR) is 81.8 cm³/mol. The SMILES string of the molecule is Cc1ccc(S(C)(=O)=O)cc1NC(=O)[C@H]1C[C@H]2C=C[C@H]1C2. The monoisotopic (exact) mass is 305 g/mol. The van der Waals surface area contributed by atoms with Crippen LogP contribution in [0.2, 0.25) is 0 Å². The Bertz CT molecular complexity index is 721. The molecule has 3 rings (SSSR count). The van der Waals surface area contributed by atoms with Gasteiger partial charge in [0.15, 0.2) is 9.84 Å². The molecule has 0 aliphatic heterocycles. The van der Waals surface area contributed by atoms with E-state index >= 15 is 0 Å². The van der Waals surface area contributed by atoms with Crippen LogP contribution < -0.4 is 5.32 Å². The summed E-state index contributed by atoms with van der Waals surface area (Å²) in [6.07, 6.45) is 7.48. The maximum Gasteiger partial charge on any atom is 0.228 e. The Balaban J connectivity index is 1.81. The largest absolute Gasteiger partial charge is 0.326 e. The van der Waals surface area contributed by atoms with Gasteiger partial charge in [-0.1, -0.05) is 18.2 Å². The summed E-state index contributed by atoms with van der Waals surface area (Å²) in [5, 5.41) is 2.91. The van der Waals surface area contributed by atoms with Crippen LogP contribution in [0.4, 0.5) is 5.69 Å². The molecule has 112 valence electrons. The van der Waals surface area contributed by atoms with Crippen molar-refractivity contribution in [1.82, 2.24) is 0 Å². The van der Waals surface area contributed by atoms with Crippen molar-refractivity contribution in [2.45, 2.75) is 24.7 Å². The Morgan fingerprint density at radius 3 is 2.57 bits per heavy atom. The lowest BCUT2D eigenvalue weighted by atomic mass is 9.92. The Labute approximate surface area is 125 Å². The molecule has 3 atom stereocenters. The molecule has 1 amide bonds. The molecule has 4 nitrogen and oxygen atoms in total. The molecule has 2 bridgehead atoms. The van der Waals surface area contributed by atoms with E-state index in [1.807, 2.05) is 6.92 Å². The van der Waals surface area contributed by atoms with E-state index in [9.17, 15) is 13.2 Å². The Hall–Kier alpha value is -1.62. The van der Waals surface area contributed by atoms with Crippen LogP contribution in [0.5, 0.6) is 0 Å². The molecule has 2 aliphatic rings. The second-order valence-electron chi connectivity index (χ2n) is 6.12. The molecule has 1 saturated carbocycles. The highest BCUT2D eigenvalue weighted by Crippen LogP contribution is 2.43. The van der Waals surface area contributed by atoms with Crippen LogP contribution in [0.25, 0.3) is 0 Å². The third-order valence-corrected chi connectivity index (χ3v) is 5.62. The van der Waals surface area contributed by atoms with E-state index in [-0.39, 0.29) is 16.7 Å². The zero-order chi connectivity index (χ0) is 15.2. The number of fused-ring (bicyclic) bond motifs is 2. The molecule has 0 saturated heterocycles. The van der Waals surface area contributed by atoms with Crippen LogP contribution in [0.1, 0.15) is 18.4 Å². The average Bonchev–Trinajstić information content (AvgIpc) is 3.02. The predicted octanol–water partition coefficient (Wildman–Crippen LogP) is 2.55. The van der Waals surface area contributed by atoms with Gasteiger partial charge in [0.25, 0.3) is 0 Å². The molecule has 0 heterocycles. The highest BCUT2D eigenvalue weighted by atomic mass is 32.2. The summed E-state index contributed by atoms with van der Waals surface area (Å²) in [5.74, 6) is 0.893. The number of hydrogen-bond donors (Lipinski definition) is 1. The number of allylic oxidation sites excluding steroid dienone is 2. The van der Waals surface area contributed by atoms with Crippen molar-refractivity contribution in [1.29, 1.82) is 0 Å². The van der Waals surface area contributed by atoms with Crippen molar-refractivity contribution >= 4 is 21.4 Å². The molecule has 0 unspecified atom stereocenters. The van der Waals surface area contributed by atoms with E-state index in [4.69, 9.17) is 0 Å². The Morgan fingerprint density at radius 1 is 1.24 bits per heavy atom. The minimum atomic E-state index is -3.27. The van der Waals surface area contributed by atoms with Crippen molar-refractivity contribution in [2.75, 3.05) is 11.6 Å². The number of carbonyl (C=O) groups excluding carboxylic acids is 1. The number of rotatable bonds is 3. The van der Waals surface area contributed by atoms with Gasteiger partial charge in [-0.3, -0.25) is 4.79 Å². The first-order valence-electron chi connectivity index (χ1n) is 7.14. The van der Waals surface area contributed by atoms with Crippen molar-refractivity contribution in [2.24, 2.45) is 17.8 Å². The summed E-state index contributed by atoms with van der Waals surface area (Å²) in [6, 6.07) is 4.85. The number of nitrogens with one attached hydrogen (secondary N) is 1. The Morgan fingerprint density at radius 2 is 2.00 bits per heavy atom.